The van der Waals surface area contributed by atoms with E-state index in [1.165, 1.54) is 12.1 Å². The number of carbonyl (C=O) groups excluding carboxylic acids is 1. The van der Waals surface area contributed by atoms with Crippen molar-refractivity contribution in [2.75, 3.05) is 23.3 Å². The average Bonchev–Trinajstić information content (AvgIpc) is 3.62. The molecule has 1 aliphatic heterocycles. The molecule has 0 atom stereocenters. The SMILES string of the molecule is CC(C)(C)c1nc2cc(NS(=O)(=O)c3ccc(NC(=O)C4CC4)cc3)ccc2n1CC1CCOCC1. The number of imidazole rings is 1. The van der Waals surface area contributed by atoms with Gasteiger partial charge in [-0.15, -0.1) is 0 Å². The van der Waals surface area contributed by atoms with Gasteiger partial charge < -0.3 is 14.6 Å². The van der Waals surface area contributed by atoms with E-state index in [-0.39, 0.29) is 22.1 Å². The van der Waals surface area contributed by atoms with Crippen LogP contribution >= 0.6 is 0 Å². The number of fused-ring (bicyclic) bond motifs is 1. The number of nitrogens with one attached hydrogen (secondary N) is 2. The number of amides is 1. The van der Waals surface area contributed by atoms with Crippen LogP contribution in [0.5, 0.6) is 0 Å². The van der Waals surface area contributed by atoms with E-state index in [4.69, 9.17) is 9.72 Å². The van der Waals surface area contributed by atoms with Crippen molar-refractivity contribution < 1.29 is 17.9 Å². The van der Waals surface area contributed by atoms with E-state index in [9.17, 15) is 13.2 Å². The Morgan fingerprint density at radius 2 is 1.69 bits per heavy atom. The molecular formula is C27H34N4O4S. The van der Waals surface area contributed by atoms with Crippen molar-refractivity contribution in [3.63, 3.8) is 0 Å². The predicted octanol–water partition coefficient (Wildman–Crippen LogP) is 4.91. The monoisotopic (exact) mass is 510 g/mol. The third-order valence-corrected chi connectivity index (χ3v) is 8.23. The smallest absolute Gasteiger partial charge is 0.261 e. The number of benzene rings is 2. The van der Waals surface area contributed by atoms with Gasteiger partial charge in [-0.25, -0.2) is 13.4 Å². The molecule has 1 saturated carbocycles. The number of hydrogen-bond donors (Lipinski definition) is 2. The highest BCUT2D eigenvalue weighted by atomic mass is 32.2. The van der Waals surface area contributed by atoms with Crippen molar-refractivity contribution in [1.82, 2.24) is 9.55 Å². The summed E-state index contributed by atoms with van der Waals surface area (Å²) >= 11 is 0. The number of ether oxygens (including phenoxy) is 1. The number of hydrogen-bond acceptors (Lipinski definition) is 5. The van der Waals surface area contributed by atoms with Crippen LogP contribution in [0.1, 0.15) is 52.3 Å². The van der Waals surface area contributed by atoms with Gasteiger partial charge in [-0.3, -0.25) is 9.52 Å². The van der Waals surface area contributed by atoms with Gasteiger partial charge >= 0.3 is 0 Å². The lowest BCUT2D eigenvalue weighted by Crippen LogP contribution is -2.25. The summed E-state index contributed by atoms with van der Waals surface area (Å²) in [5.74, 6) is 1.60. The summed E-state index contributed by atoms with van der Waals surface area (Å²) in [6, 6.07) is 11.8. The highest BCUT2D eigenvalue weighted by Crippen LogP contribution is 2.32. The Labute approximate surface area is 212 Å². The number of rotatable bonds is 7. The Hall–Kier alpha value is -2.91. The maximum atomic E-state index is 13.0. The predicted molar refractivity (Wildman–Crippen MR) is 141 cm³/mol. The second-order valence-corrected chi connectivity index (χ2v) is 12.6. The number of aromatic nitrogens is 2. The van der Waals surface area contributed by atoms with E-state index in [2.05, 4.69) is 35.4 Å². The third kappa shape index (κ3) is 5.42. The molecule has 1 amide bonds. The maximum absolute atomic E-state index is 13.0. The van der Waals surface area contributed by atoms with Gasteiger partial charge in [0.2, 0.25) is 5.91 Å². The number of carbonyl (C=O) groups is 1. The van der Waals surface area contributed by atoms with Gasteiger partial charge in [0.1, 0.15) is 5.82 Å². The van der Waals surface area contributed by atoms with Crippen molar-refractivity contribution >= 4 is 38.3 Å². The number of anilines is 2. The van der Waals surface area contributed by atoms with Gasteiger partial charge in [-0.2, -0.15) is 0 Å². The molecule has 36 heavy (non-hydrogen) atoms. The van der Waals surface area contributed by atoms with E-state index in [1.807, 2.05) is 6.07 Å². The highest BCUT2D eigenvalue weighted by molar-refractivity contribution is 7.92. The molecule has 192 valence electrons. The molecule has 9 heteroatoms. The van der Waals surface area contributed by atoms with Gasteiger partial charge in [0.05, 0.1) is 21.6 Å². The first-order chi connectivity index (χ1) is 17.1. The van der Waals surface area contributed by atoms with Crippen molar-refractivity contribution in [2.45, 2.75) is 63.3 Å². The molecule has 0 radical (unpaired) electrons. The summed E-state index contributed by atoms with van der Waals surface area (Å²) in [6.07, 6.45) is 3.89. The van der Waals surface area contributed by atoms with Crippen LogP contribution in [0.3, 0.4) is 0 Å². The van der Waals surface area contributed by atoms with E-state index in [0.717, 1.165) is 62.3 Å². The summed E-state index contributed by atoms with van der Waals surface area (Å²) in [6.45, 7) is 8.91. The van der Waals surface area contributed by atoms with Crippen LogP contribution in [0.2, 0.25) is 0 Å². The van der Waals surface area contributed by atoms with Gasteiger partial charge in [0, 0.05) is 36.8 Å². The number of nitrogens with zero attached hydrogens (tertiary/aromatic N) is 2. The van der Waals surface area contributed by atoms with E-state index >= 15 is 0 Å². The summed E-state index contributed by atoms with van der Waals surface area (Å²) in [5.41, 5.74) is 2.68. The zero-order chi connectivity index (χ0) is 25.5. The van der Waals surface area contributed by atoms with Crippen molar-refractivity contribution in [3.8, 4) is 0 Å². The first-order valence-electron chi connectivity index (χ1n) is 12.6. The zero-order valence-electron chi connectivity index (χ0n) is 21.1. The van der Waals surface area contributed by atoms with Crippen LogP contribution < -0.4 is 10.0 Å². The van der Waals surface area contributed by atoms with Crippen LogP contribution in [0, 0.1) is 11.8 Å². The normalized spacial score (nSPS) is 17.3. The van der Waals surface area contributed by atoms with Crippen LogP contribution in [-0.2, 0) is 31.5 Å². The fourth-order valence-corrected chi connectivity index (χ4v) is 5.71. The van der Waals surface area contributed by atoms with Crippen molar-refractivity contribution in [3.05, 3.63) is 48.3 Å². The van der Waals surface area contributed by atoms with Crippen molar-refractivity contribution in [2.24, 2.45) is 11.8 Å². The lowest BCUT2D eigenvalue weighted by atomic mass is 9.94. The molecule has 2 aromatic carbocycles. The van der Waals surface area contributed by atoms with E-state index in [0.29, 0.717) is 17.3 Å². The average molecular weight is 511 g/mol. The first kappa shape index (κ1) is 24.8. The molecule has 2 heterocycles. The highest BCUT2D eigenvalue weighted by Gasteiger charge is 2.30. The molecule has 1 aliphatic carbocycles. The van der Waals surface area contributed by atoms with Gasteiger partial charge in [-0.05, 0) is 74.1 Å². The van der Waals surface area contributed by atoms with Gasteiger partial charge in [0.15, 0.2) is 0 Å². The Morgan fingerprint density at radius 1 is 1.03 bits per heavy atom. The van der Waals surface area contributed by atoms with Crippen LogP contribution in [-0.4, -0.2) is 37.1 Å². The molecule has 0 bridgehead atoms. The van der Waals surface area contributed by atoms with Gasteiger partial charge in [0.25, 0.3) is 10.0 Å². The summed E-state index contributed by atoms with van der Waals surface area (Å²) < 4.78 is 36.6. The fourth-order valence-electron chi connectivity index (χ4n) is 4.66. The van der Waals surface area contributed by atoms with Crippen LogP contribution in [0.4, 0.5) is 11.4 Å². The van der Waals surface area contributed by atoms with E-state index in [1.54, 1.807) is 24.3 Å². The van der Waals surface area contributed by atoms with Crippen LogP contribution in [0.15, 0.2) is 47.4 Å². The molecule has 8 nitrogen and oxygen atoms in total. The standard InChI is InChI=1S/C27H34N4O4S/c1-27(2,3)26-29-23-16-21(8-11-24(23)31(26)17-18-12-14-35-15-13-18)30-36(33,34)22-9-6-20(7-10-22)28-25(32)19-4-5-19/h6-11,16,18-19,30H,4-5,12-15,17H2,1-3H3,(H,28,32). The Kier molecular flexibility index (Phi) is 6.55. The summed E-state index contributed by atoms with van der Waals surface area (Å²) in [7, 11) is -3.80. The van der Waals surface area contributed by atoms with Crippen molar-refractivity contribution in [1.29, 1.82) is 0 Å². The second-order valence-electron chi connectivity index (χ2n) is 10.9. The molecular weight excluding hydrogens is 476 g/mol. The Balaban J connectivity index is 1.37. The molecule has 2 aliphatic rings. The second kappa shape index (κ2) is 9.52. The maximum Gasteiger partial charge on any atom is 0.261 e. The molecule has 0 unspecified atom stereocenters. The Morgan fingerprint density at radius 3 is 2.33 bits per heavy atom. The molecule has 1 saturated heterocycles. The quantitative estimate of drug-likeness (QED) is 0.470. The third-order valence-electron chi connectivity index (χ3n) is 6.83. The molecule has 1 aromatic heterocycles. The zero-order valence-corrected chi connectivity index (χ0v) is 21.9. The topological polar surface area (TPSA) is 102 Å². The minimum absolute atomic E-state index is 0.0112. The molecule has 2 fully saturated rings. The summed E-state index contributed by atoms with van der Waals surface area (Å²) in [5, 5.41) is 2.83. The molecule has 5 rings (SSSR count). The molecule has 0 spiro atoms. The van der Waals surface area contributed by atoms with E-state index < -0.39 is 10.0 Å². The lowest BCUT2D eigenvalue weighted by Gasteiger charge is -2.26. The molecule has 2 N–H and O–H groups in total. The minimum Gasteiger partial charge on any atom is -0.381 e. The fraction of sp³-hybridized carbons (Fsp3) is 0.481. The first-order valence-corrected chi connectivity index (χ1v) is 14.1. The minimum atomic E-state index is -3.80. The number of sulfonamides is 1. The molecule has 3 aromatic rings. The largest absolute Gasteiger partial charge is 0.381 e. The summed E-state index contributed by atoms with van der Waals surface area (Å²) in [4.78, 5) is 17.0. The van der Waals surface area contributed by atoms with Crippen LogP contribution in [0.25, 0.3) is 11.0 Å². The van der Waals surface area contributed by atoms with Gasteiger partial charge in [-0.1, -0.05) is 20.8 Å². The Bertz CT molecular complexity index is 1360. The lowest BCUT2D eigenvalue weighted by molar-refractivity contribution is -0.117.